The number of rotatable bonds is 5. The SMILES string of the molecule is Cc1cccc2ccc(CCC(=O)NCCN)nc12. The molecule has 0 aliphatic carbocycles. The van der Waals surface area contributed by atoms with Gasteiger partial charge in [0.1, 0.15) is 0 Å². The molecule has 1 aromatic heterocycles. The van der Waals surface area contributed by atoms with E-state index in [1.54, 1.807) is 0 Å². The molecule has 0 atom stereocenters. The maximum absolute atomic E-state index is 11.5. The molecular weight excluding hydrogens is 238 g/mol. The first kappa shape index (κ1) is 13.5. The molecule has 1 heterocycles. The van der Waals surface area contributed by atoms with Crippen LogP contribution in [0.2, 0.25) is 0 Å². The Morgan fingerprint density at radius 1 is 1.32 bits per heavy atom. The molecule has 0 fully saturated rings. The molecule has 0 aliphatic rings. The molecule has 1 amide bonds. The molecule has 100 valence electrons. The van der Waals surface area contributed by atoms with Gasteiger partial charge in [0.25, 0.3) is 0 Å². The first-order valence-electron chi connectivity index (χ1n) is 6.52. The number of aromatic nitrogens is 1. The number of carbonyl (C=O) groups is 1. The molecule has 0 bridgehead atoms. The summed E-state index contributed by atoms with van der Waals surface area (Å²) < 4.78 is 0. The highest BCUT2D eigenvalue weighted by Crippen LogP contribution is 2.16. The van der Waals surface area contributed by atoms with E-state index in [1.807, 2.05) is 31.2 Å². The lowest BCUT2D eigenvalue weighted by Crippen LogP contribution is -2.29. The summed E-state index contributed by atoms with van der Waals surface area (Å²) >= 11 is 0. The lowest BCUT2D eigenvalue weighted by molar-refractivity contribution is -0.121. The summed E-state index contributed by atoms with van der Waals surface area (Å²) in [5.41, 5.74) is 8.46. The first-order chi connectivity index (χ1) is 9.20. The maximum atomic E-state index is 11.5. The van der Waals surface area contributed by atoms with Crippen molar-refractivity contribution >= 4 is 16.8 Å². The van der Waals surface area contributed by atoms with Crippen molar-refractivity contribution in [3.63, 3.8) is 0 Å². The van der Waals surface area contributed by atoms with Gasteiger partial charge in [0, 0.05) is 30.6 Å². The number of amides is 1. The molecular formula is C15H19N3O. The minimum absolute atomic E-state index is 0.0251. The van der Waals surface area contributed by atoms with Crippen molar-refractivity contribution in [3.8, 4) is 0 Å². The number of pyridine rings is 1. The van der Waals surface area contributed by atoms with Crippen LogP contribution in [0.3, 0.4) is 0 Å². The largest absolute Gasteiger partial charge is 0.355 e. The van der Waals surface area contributed by atoms with Gasteiger partial charge < -0.3 is 11.1 Å². The highest BCUT2D eigenvalue weighted by atomic mass is 16.1. The van der Waals surface area contributed by atoms with E-state index in [0.29, 0.717) is 25.9 Å². The van der Waals surface area contributed by atoms with E-state index in [-0.39, 0.29) is 5.91 Å². The zero-order valence-corrected chi connectivity index (χ0v) is 11.1. The van der Waals surface area contributed by atoms with Gasteiger partial charge in [-0.15, -0.1) is 0 Å². The molecule has 3 N–H and O–H groups in total. The van der Waals surface area contributed by atoms with Gasteiger partial charge in [-0.25, -0.2) is 0 Å². The Hall–Kier alpha value is -1.94. The topological polar surface area (TPSA) is 68.0 Å². The summed E-state index contributed by atoms with van der Waals surface area (Å²) in [4.78, 5) is 16.1. The number of nitrogens with two attached hydrogens (primary N) is 1. The van der Waals surface area contributed by atoms with Crippen LogP contribution in [0.1, 0.15) is 17.7 Å². The normalized spacial score (nSPS) is 10.6. The van der Waals surface area contributed by atoms with Crippen molar-refractivity contribution in [3.05, 3.63) is 41.6 Å². The van der Waals surface area contributed by atoms with Gasteiger partial charge in [-0.1, -0.05) is 24.3 Å². The van der Waals surface area contributed by atoms with Gasteiger partial charge in [-0.2, -0.15) is 0 Å². The molecule has 0 radical (unpaired) electrons. The number of hydrogen-bond acceptors (Lipinski definition) is 3. The van der Waals surface area contributed by atoms with Crippen LogP contribution in [0, 0.1) is 6.92 Å². The Labute approximate surface area is 113 Å². The summed E-state index contributed by atoms with van der Waals surface area (Å²) in [7, 11) is 0. The summed E-state index contributed by atoms with van der Waals surface area (Å²) in [5.74, 6) is 0.0251. The number of carbonyl (C=O) groups excluding carboxylic acids is 1. The zero-order chi connectivity index (χ0) is 13.7. The van der Waals surface area contributed by atoms with Gasteiger partial charge in [-0.05, 0) is 25.0 Å². The van der Waals surface area contributed by atoms with Gasteiger partial charge in [0.15, 0.2) is 0 Å². The lowest BCUT2D eigenvalue weighted by atomic mass is 10.1. The third-order valence-corrected chi connectivity index (χ3v) is 3.05. The number of nitrogens with one attached hydrogen (secondary N) is 1. The number of para-hydroxylation sites is 1. The summed E-state index contributed by atoms with van der Waals surface area (Å²) in [5, 5.41) is 3.89. The van der Waals surface area contributed by atoms with Crippen molar-refractivity contribution in [2.45, 2.75) is 19.8 Å². The maximum Gasteiger partial charge on any atom is 0.220 e. The van der Waals surface area contributed by atoms with E-state index >= 15 is 0 Å². The Balaban J connectivity index is 2.05. The van der Waals surface area contributed by atoms with Crippen molar-refractivity contribution in [2.24, 2.45) is 5.73 Å². The second-order valence-corrected chi connectivity index (χ2v) is 4.59. The minimum Gasteiger partial charge on any atom is -0.355 e. The fourth-order valence-electron chi connectivity index (χ4n) is 2.02. The van der Waals surface area contributed by atoms with Gasteiger partial charge in [0.05, 0.1) is 5.52 Å². The summed E-state index contributed by atoms with van der Waals surface area (Å²) in [6.07, 6.45) is 1.10. The quantitative estimate of drug-likeness (QED) is 0.854. The molecule has 0 unspecified atom stereocenters. The Morgan fingerprint density at radius 3 is 2.95 bits per heavy atom. The fraction of sp³-hybridized carbons (Fsp3) is 0.333. The van der Waals surface area contributed by atoms with E-state index < -0.39 is 0 Å². The fourth-order valence-corrected chi connectivity index (χ4v) is 2.02. The van der Waals surface area contributed by atoms with Crippen molar-refractivity contribution < 1.29 is 4.79 Å². The third kappa shape index (κ3) is 3.51. The highest BCUT2D eigenvalue weighted by molar-refractivity contribution is 5.82. The van der Waals surface area contributed by atoms with Crippen LogP contribution in [0.25, 0.3) is 10.9 Å². The zero-order valence-electron chi connectivity index (χ0n) is 11.1. The van der Waals surface area contributed by atoms with Crippen LogP contribution in [0.15, 0.2) is 30.3 Å². The molecule has 0 spiro atoms. The van der Waals surface area contributed by atoms with Crippen molar-refractivity contribution in [2.75, 3.05) is 13.1 Å². The average Bonchev–Trinajstić information content (AvgIpc) is 2.43. The van der Waals surface area contributed by atoms with Gasteiger partial charge in [-0.3, -0.25) is 9.78 Å². The molecule has 2 rings (SSSR count). The second kappa shape index (κ2) is 6.29. The van der Waals surface area contributed by atoms with Crippen LogP contribution in [-0.2, 0) is 11.2 Å². The number of benzene rings is 1. The lowest BCUT2D eigenvalue weighted by Gasteiger charge is -2.06. The van der Waals surface area contributed by atoms with Crippen LogP contribution >= 0.6 is 0 Å². The predicted octanol–water partition coefficient (Wildman–Crippen LogP) is 1.55. The smallest absolute Gasteiger partial charge is 0.220 e. The number of hydrogen-bond donors (Lipinski definition) is 2. The summed E-state index contributed by atoms with van der Waals surface area (Å²) in [6.45, 7) is 3.05. The molecule has 2 aromatic rings. The standard InChI is InChI=1S/C15H19N3O/c1-11-3-2-4-12-5-6-13(18-15(11)12)7-8-14(19)17-10-9-16/h2-6H,7-10,16H2,1H3,(H,17,19). The third-order valence-electron chi connectivity index (χ3n) is 3.05. The first-order valence-corrected chi connectivity index (χ1v) is 6.52. The molecule has 0 saturated heterocycles. The molecule has 19 heavy (non-hydrogen) atoms. The van der Waals surface area contributed by atoms with Crippen molar-refractivity contribution in [1.82, 2.24) is 10.3 Å². The Bertz CT molecular complexity index is 581. The van der Waals surface area contributed by atoms with Gasteiger partial charge in [0.2, 0.25) is 5.91 Å². The molecule has 4 nitrogen and oxygen atoms in total. The molecule has 0 aliphatic heterocycles. The van der Waals surface area contributed by atoms with E-state index in [2.05, 4.69) is 16.4 Å². The average molecular weight is 257 g/mol. The minimum atomic E-state index is 0.0251. The number of aryl methyl sites for hydroxylation is 2. The Morgan fingerprint density at radius 2 is 2.16 bits per heavy atom. The van der Waals surface area contributed by atoms with Crippen LogP contribution in [0.5, 0.6) is 0 Å². The van der Waals surface area contributed by atoms with E-state index in [9.17, 15) is 4.79 Å². The predicted molar refractivity (Wildman–Crippen MR) is 76.9 cm³/mol. The van der Waals surface area contributed by atoms with Crippen molar-refractivity contribution in [1.29, 1.82) is 0 Å². The van der Waals surface area contributed by atoms with E-state index in [0.717, 1.165) is 22.2 Å². The number of fused-ring (bicyclic) bond motifs is 1. The van der Waals surface area contributed by atoms with Crippen LogP contribution < -0.4 is 11.1 Å². The second-order valence-electron chi connectivity index (χ2n) is 4.59. The van der Waals surface area contributed by atoms with E-state index in [4.69, 9.17) is 5.73 Å². The van der Waals surface area contributed by atoms with Gasteiger partial charge >= 0.3 is 0 Å². The van der Waals surface area contributed by atoms with Crippen LogP contribution in [0.4, 0.5) is 0 Å². The Kier molecular flexibility index (Phi) is 4.47. The summed E-state index contributed by atoms with van der Waals surface area (Å²) in [6, 6.07) is 10.2. The van der Waals surface area contributed by atoms with E-state index in [1.165, 1.54) is 0 Å². The molecule has 4 heteroatoms. The molecule has 1 aromatic carbocycles. The van der Waals surface area contributed by atoms with Crippen LogP contribution in [-0.4, -0.2) is 24.0 Å². The molecule has 0 saturated carbocycles. The monoisotopic (exact) mass is 257 g/mol. The highest BCUT2D eigenvalue weighted by Gasteiger charge is 2.04. The number of nitrogens with zero attached hydrogens (tertiary/aromatic N) is 1.